The Morgan fingerprint density at radius 1 is 0.750 bits per heavy atom. The predicted octanol–water partition coefficient (Wildman–Crippen LogP) is 7.06. The molecule has 1 rings (SSSR count). The first-order valence-corrected chi connectivity index (χ1v) is 12.8. The summed E-state index contributed by atoms with van der Waals surface area (Å²) < 4.78 is 0. The van der Waals surface area contributed by atoms with Crippen LogP contribution in [0.5, 0.6) is 0 Å². The number of aliphatic hydroxyl groups excluding tert-OH is 1. The molecule has 1 N–H and O–H groups in total. The summed E-state index contributed by atoms with van der Waals surface area (Å²) in [5, 5.41) is 9.64. The summed E-state index contributed by atoms with van der Waals surface area (Å²) in [5.74, 6) is -0.713. The summed E-state index contributed by atoms with van der Waals surface area (Å²) in [7, 11) is 0. The van der Waals surface area contributed by atoms with Crippen molar-refractivity contribution >= 4 is 11.9 Å². The van der Waals surface area contributed by atoms with Crippen LogP contribution in [0, 0.1) is 10.8 Å². The number of rotatable bonds is 11. The molecule has 208 valence electrons. The van der Waals surface area contributed by atoms with E-state index in [1.54, 1.807) is 13.8 Å². The smallest absolute Gasteiger partial charge is 0.342 e. The fourth-order valence-corrected chi connectivity index (χ4v) is 2.78. The van der Waals surface area contributed by atoms with Gasteiger partial charge in [0.1, 0.15) is 11.2 Å². The van der Waals surface area contributed by atoms with Gasteiger partial charge in [0, 0.05) is 12.8 Å². The van der Waals surface area contributed by atoms with Crippen LogP contribution in [0.15, 0.2) is 30.3 Å². The van der Waals surface area contributed by atoms with Gasteiger partial charge in [0.2, 0.25) is 0 Å². The van der Waals surface area contributed by atoms with Crippen LogP contribution in [-0.2, 0) is 34.7 Å². The molecule has 0 saturated heterocycles. The highest BCUT2D eigenvalue weighted by molar-refractivity contribution is 5.69. The van der Waals surface area contributed by atoms with Gasteiger partial charge in [0.05, 0.1) is 6.10 Å². The molecule has 0 fully saturated rings. The van der Waals surface area contributed by atoms with Gasteiger partial charge in [-0.25, -0.2) is 9.59 Å². The standard InChI is InChI=1S/C16H24O3.C13H26O4/c1-15(2,3)12-11-14(17)18-19-16(4,5)13-9-7-6-8-10-13;1-7-10(14)13(5,6)17-16-11(15)8-9-12(2,3)4/h6-10H,11-12H2,1-5H3;10,14H,7-9H2,1-6H3. The summed E-state index contributed by atoms with van der Waals surface area (Å²) in [5.41, 5.74) is -0.324. The molecule has 0 aliphatic rings. The average Bonchev–Trinajstić information content (AvgIpc) is 2.78. The molecule has 0 heterocycles. The molecule has 0 spiro atoms. The van der Waals surface area contributed by atoms with E-state index < -0.39 is 23.3 Å². The molecule has 1 aromatic carbocycles. The van der Waals surface area contributed by atoms with Crippen LogP contribution in [0.2, 0.25) is 0 Å². The second kappa shape index (κ2) is 14.7. The van der Waals surface area contributed by atoms with Crippen molar-refractivity contribution in [1.29, 1.82) is 0 Å². The molecule has 0 aliphatic carbocycles. The van der Waals surface area contributed by atoms with Crippen LogP contribution in [0.4, 0.5) is 0 Å². The third-order valence-corrected chi connectivity index (χ3v) is 5.51. The van der Waals surface area contributed by atoms with Gasteiger partial charge in [0.15, 0.2) is 0 Å². The van der Waals surface area contributed by atoms with Crippen LogP contribution in [0.1, 0.15) is 114 Å². The first-order valence-electron chi connectivity index (χ1n) is 12.8. The highest BCUT2D eigenvalue weighted by Gasteiger charge is 2.30. The zero-order valence-electron chi connectivity index (χ0n) is 24.4. The van der Waals surface area contributed by atoms with Gasteiger partial charge in [-0.3, -0.25) is 9.78 Å². The molecule has 0 aromatic heterocycles. The van der Waals surface area contributed by atoms with E-state index in [2.05, 4.69) is 41.5 Å². The number of carbonyl (C=O) groups is 2. The fourth-order valence-electron chi connectivity index (χ4n) is 2.78. The van der Waals surface area contributed by atoms with Gasteiger partial charge in [0.25, 0.3) is 0 Å². The van der Waals surface area contributed by atoms with Crippen molar-refractivity contribution in [3.8, 4) is 0 Å². The number of carbonyl (C=O) groups excluding carboxylic acids is 2. The van der Waals surface area contributed by atoms with E-state index in [9.17, 15) is 14.7 Å². The van der Waals surface area contributed by atoms with Crippen molar-refractivity contribution in [2.24, 2.45) is 10.8 Å². The van der Waals surface area contributed by atoms with Crippen LogP contribution in [0.25, 0.3) is 0 Å². The van der Waals surface area contributed by atoms with Crippen molar-refractivity contribution in [3.05, 3.63) is 35.9 Å². The second-order valence-electron chi connectivity index (χ2n) is 12.6. The Morgan fingerprint density at radius 3 is 1.56 bits per heavy atom. The van der Waals surface area contributed by atoms with Gasteiger partial charge in [-0.15, -0.1) is 0 Å². The van der Waals surface area contributed by atoms with Gasteiger partial charge < -0.3 is 5.11 Å². The van der Waals surface area contributed by atoms with Crippen LogP contribution in [0.3, 0.4) is 0 Å². The summed E-state index contributed by atoms with van der Waals surface area (Å²) >= 11 is 0. The molecule has 7 heteroatoms. The third-order valence-electron chi connectivity index (χ3n) is 5.51. The normalized spacial score (nSPS) is 13.3. The summed E-state index contributed by atoms with van der Waals surface area (Å²) in [4.78, 5) is 43.0. The number of aliphatic hydroxyl groups is 1. The summed E-state index contributed by atoms with van der Waals surface area (Å²) in [6.07, 6.45) is 2.10. The molecule has 36 heavy (non-hydrogen) atoms. The Kier molecular flexibility index (Phi) is 13.9. The van der Waals surface area contributed by atoms with E-state index in [1.165, 1.54) is 0 Å². The van der Waals surface area contributed by atoms with Gasteiger partial charge in [-0.1, -0.05) is 78.8 Å². The molecule has 0 radical (unpaired) electrons. The lowest BCUT2D eigenvalue weighted by Crippen LogP contribution is -2.39. The Bertz CT molecular complexity index is 771. The van der Waals surface area contributed by atoms with E-state index in [1.807, 2.05) is 51.1 Å². The molecule has 1 aromatic rings. The maximum atomic E-state index is 11.6. The summed E-state index contributed by atoms with van der Waals surface area (Å²) in [6.45, 7) is 21.4. The van der Waals surface area contributed by atoms with E-state index in [-0.39, 0.29) is 16.8 Å². The lowest BCUT2D eigenvalue weighted by molar-refractivity contribution is -0.342. The minimum atomic E-state index is -0.869. The lowest BCUT2D eigenvalue weighted by atomic mass is 9.91. The van der Waals surface area contributed by atoms with Crippen molar-refractivity contribution in [3.63, 3.8) is 0 Å². The quantitative estimate of drug-likeness (QED) is 0.252. The van der Waals surface area contributed by atoms with Crippen LogP contribution < -0.4 is 0 Å². The zero-order valence-corrected chi connectivity index (χ0v) is 24.4. The SMILES string of the molecule is CC(C)(C)CCC(=O)OOC(C)(C)c1ccccc1.CCC(O)C(C)(C)OOC(=O)CCC(C)(C)C. The van der Waals surface area contributed by atoms with E-state index >= 15 is 0 Å². The molecule has 0 bridgehead atoms. The first-order chi connectivity index (χ1) is 16.3. The van der Waals surface area contributed by atoms with Gasteiger partial charge >= 0.3 is 11.9 Å². The molecular formula is C29H50O7. The lowest BCUT2D eigenvalue weighted by Gasteiger charge is -2.27. The topological polar surface area (TPSA) is 91.3 Å². The molecule has 1 unspecified atom stereocenters. The van der Waals surface area contributed by atoms with Crippen molar-refractivity contribution in [2.75, 3.05) is 0 Å². The Hall–Kier alpha value is -1.96. The van der Waals surface area contributed by atoms with E-state index in [4.69, 9.17) is 19.6 Å². The highest BCUT2D eigenvalue weighted by atomic mass is 17.2. The van der Waals surface area contributed by atoms with Crippen molar-refractivity contribution < 1.29 is 34.2 Å². The van der Waals surface area contributed by atoms with Crippen LogP contribution >= 0.6 is 0 Å². The van der Waals surface area contributed by atoms with E-state index in [0.717, 1.165) is 18.4 Å². The molecule has 0 aliphatic heterocycles. The Balaban J connectivity index is 0.000000686. The van der Waals surface area contributed by atoms with Crippen LogP contribution in [-0.4, -0.2) is 28.8 Å². The maximum absolute atomic E-state index is 11.6. The first kappa shape index (κ1) is 34.0. The molecular weight excluding hydrogens is 460 g/mol. The maximum Gasteiger partial charge on any atom is 0.342 e. The minimum absolute atomic E-state index is 0.0947. The third kappa shape index (κ3) is 15.9. The molecule has 0 saturated carbocycles. The van der Waals surface area contributed by atoms with Gasteiger partial charge in [-0.05, 0) is 63.4 Å². The number of hydrogen-bond donors (Lipinski definition) is 1. The summed E-state index contributed by atoms with van der Waals surface area (Å²) in [6, 6.07) is 9.70. The largest absolute Gasteiger partial charge is 0.390 e. The molecule has 7 nitrogen and oxygen atoms in total. The fraction of sp³-hybridized carbons (Fsp3) is 0.724. The van der Waals surface area contributed by atoms with Crippen molar-refractivity contribution in [1.82, 2.24) is 0 Å². The predicted molar refractivity (Wildman–Crippen MR) is 142 cm³/mol. The minimum Gasteiger partial charge on any atom is -0.390 e. The van der Waals surface area contributed by atoms with Crippen molar-refractivity contribution in [2.45, 2.75) is 126 Å². The number of hydrogen-bond acceptors (Lipinski definition) is 7. The van der Waals surface area contributed by atoms with E-state index in [0.29, 0.717) is 19.3 Å². The molecule has 0 amide bonds. The van der Waals surface area contributed by atoms with Gasteiger partial charge in [-0.2, -0.15) is 9.78 Å². The Labute approximate surface area is 218 Å². The highest BCUT2D eigenvalue weighted by Crippen LogP contribution is 2.26. The zero-order chi connectivity index (χ0) is 28.2. The second-order valence-corrected chi connectivity index (χ2v) is 12.6. The number of benzene rings is 1. The Morgan fingerprint density at radius 2 is 1.17 bits per heavy atom. The monoisotopic (exact) mass is 510 g/mol. The molecule has 1 atom stereocenters. The average molecular weight is 511 g/mol.